The fourth-order valence-electron chi connectivity index (χ4n) is 2.24. The molecule has 0 spiro atoms. The standard InChI is InChI=1S/C18H18FN3O3S/c1-12-10-15(6-7-17(12)19)21-18(23)14-4-3-5-16(11-14)26(24,25)22-13(2)8-9-20/h3-7,10-11,13,22H,8H2,1-2H3,(H,21,23). The smallest absolute Gasteiger partial charge is 0.255 e. The monoisotopic (exact) mass is 375 g/mol. The number of benzene rings is 2. The van der Waals surface area contributed by atoms with Gasteiger partial charge >= 0.3 is 0 Å². The summed E-state index contributed by atoms with van der Waals surface area (Å²) >= 11 is 0. The summed E-state index contributed by atoms with van der Waals surface area (Å²) in [5, 5.41) is 11.2. The lowest BCUT2D eigenvalue weighted by atomic mass is 10.2. The van der Waals surface area contributed by atoms with Crippen molar-refractivity contribution in [2.45, 2.75) is 31.2 Å². The summed E-state index contributed by atoms with van der Waals surface area (Å²) in [6.07, 6.45) is 0.0311. The van der Waals surface area contributed by atoms with Crippen molar-refractivity contribution in [3.63, 3.8) is 0 Å². The van der Waals surface area contributed by atoms with E-state index in [-0.39, 0.29) is 22.7 Å². The number of aryl methyl sites for hydroxylation is 1. The molecule has 26 heavy (non-hydrogen) atoms. The molecule has 0 aromatic heterocycles. The van der Waals surface area contributed by atoms with Crippen molar-refractivity contribution in [1.29, 1.82) is 5.26 Å². The number of anilines is 1. The molecule has 0 aliphatic rings. The van der Waals surface area contributed by atoms with E-state index in [1.807, 2.05) is 6.07 Å². The van der Waals surface area contributed by atoms with E-state index in [9.17, 15) is 17.6 Å². The molecule has 0 bridgehead atoms. The molecule has 0 heterocycles. The molecule has 8 heteroatoms. The highest BCUT2D eigenvalue weighted by Crippen LogP contribution is 2.17. The Kier molecular flexibility index (Phi) is 6.08. The van der Waals surface area contributed by atoms with Gasteiger partial charge in [-0.3, -0.25) is 4.79 Å². The number of nitrogens with zero attached hydrogens (tertiary/aromatic N) is 1. The van der Waals surface area contributed by atoms with Crippen LogP contribution in [0, 0.1) is 24.1 Å². The van der Waals surface area contributed by atoms with Crippen LogP contribution in [0.25, 0.3) is 0 Å². The van der Waals surface area contributed by atoms with Gasteiger partial charge in [-0.25, -0.2) is 17.5 Å². The van der Waals surface area contributed by atoms with Crippen LogP contribution in [0.3, 0.4) is 0 Å². The van der Waals surface area contributed by atoms with E-state index < -0.39 is 22.0 Å². The average Bonchev–Trinajstić information content (AvgIpc) is 2.58. The lowest BCUT2D eigenvalue weighted by molar-refractivity contribution is 0.102. The summed E-state index contributed by atoms with van der Waals surface area (Å²) in [5.74, 6) is -0.896. The first-order chi connectivity index (χ1) is 12.2. The number of nitrogens with one attached hydrogen (secondary N) is 2. The highest BCUT2D eigenvalue weighted by molar-refractivity contribution is 7.89. The second-order valence-electron chi connectivity index (χ2n) is 5.83. The molecule has 2 aromatic carbocycles. The molecule has 1 amide bonds. The van der Waals surface area contributed by atoms with Crippen molar-refractivity contribution in [3.05, 3.63) is 59.4 Å². The summed E-state index contributed by atoms with van der Waals surface area (Å²) in [4.78, 5) is 12.3. The van der Waals surface area contributed by atoms with Crippen molar-refractivity contribution in [2.24, 2.45) is 0 Å². The average molecular weight is 375 g/mol. The van der Waals surface area contributed by atoms with Crippen molar-refractivity contribution < 1.29 is 17.6 Å². The zero-order valence-electron chi connectivity index (χ0n) is 14.3. The Balaban J connectivity index is 2.21. The molecule has 2 N–H and O–H groups in total. The lowest BCUT2D eigenvalue weighted by Gasteiger charge is -2.12. The molecule has 0 radical (unpaired) electrons. The van der Waals surface area contributed by atoms with Gasteiger partial charge in [0.15, 0.2) is 0 Å². The Morgan fingerprint density at radius 3 is 2.65 bits per heavy atom. The Morgan fingerprint density at radius 1 is 1.27 bits per heavy atom. The van der Waals surface area contributed by atoms with Crippen LogP contribution >= 0.6 is 0 Å². The second-order valence-corrected chi connectivity index (χ2v) is 7.54. The number of halogens is 1. The third kappa shape index (κ3) is 4.88. The molecule has 0 saturated carbocycles. The molecule has 0 aliphatic heterocycles. The Labute approximate surface area is 151 Å². The minimum absolute atomic E-state index is 0.0311. The van der Waals surface area contributed by atoms with Crippen LogP contribution in [-0.2, 0) is 10.0 Å². The van der Waals surface area contributed by atoms with E-state index in [1.54, 1.807) is 13.8 Å². The topological polar surface area (TPSA) is 99.1 Å². The Morgan fingerprint density at radius 2 is 2.00 bits per heavy atom. The maximum absolute atomic E-state index is 13.3. The molecule has 6 nitrogen and oxygen atoms in total. The molecule has 0 aliphatic carbocycles. The van der Waals surface area contributed by atoms with Crippen LogP contribution in [0.5, 0.6) is 0 Å². The van der Waals surface area contributed by atoms with E-state index in [0.29, 0.717) is 11.3 Å². The van der Waals surface area contributed by atoms with Gasteiger partial charge in [-0.15, -0.1) is 0 Å². The first-order valence-electron chi connectivity index (χ1n) is 7.80. The van der Waals surface area contributed by atoms with Gasteiger partial charge in [-0.1, -0.05) is 6.07 Å². The quantitative estimate of drug-likeness (QED) is 0.811. The number of hydrogen-bond donors (Lipinski definition) is 2. The normalized spacial score (nSPS) is 12.2. The predicted octanol–water partition coefficient (Wildman–Crippen LogP) is 2.97. The SMILES string of the molecule is Cc1cc(NC(=O)c2cccc(S(=O)(=O)NC(C)CC#N)c2)ccc1F. The van der Waals surface area contributed by atoms with Gasteiger partial charge in [0, 0.05) is 17.3 Å². The predicted molar refractivity (Wildman–Crippen MR) is 95.5 cm³/mol. The molecule has 136 valence electrons. The van der Waals surface area contributed by atoms with Crippen LogP contribution in [0.1, 0.15) is 29.3 Å². The lowest BCUT2D eigenvalue weighted by Crippen LogP contribution is -2.32. The third-order valence-corrected chi connectivity index (χ3v) is 5.16. The van der Waals surface area contributed by atoms with E-state index in [4.69, 9.17) is 5.26 Å². The molecule has 1 atom stereocenters. The van der Waals surface area contributed by atoms with Crippen molar-refractivity contribution >= 4 is 21.6 Å². The van der Waals surface area contributed by atoms with Gasteiger partial charge < -0.3 is 5.32 Å². The maximum Gasteiger partial charge on any atom is 0.255 e. The zero-order chi connectivity index (χ0) is 19.3. The number of rotatable bonds is 6. The van der Waals surface area contributed by atoms with Gasteiger partial charge in [-0.05, 0) is 55.8 Å². The highest BCUT2D eigenvalue weighted by Gasteiger charge is 2.19. The fourth-order valence-corrected chi connectivity index (χ4v) is 3.53. The zero-order valence-corrected chi connectivity index (χ0v) is 15.1. The van der Waals surface area contributed by atoms with Gasteiger partial charge in [-0.2, -0.15) is 5.26 Å². The second kappa shape index (κ2) is 8.08. The van der Waals surface area contributed by atoms with Crippen molar-refractivity contribution in [2.75, 3.05) is 5.32 Å². The molecule has 0 saturated heterocycles. The van der Waals surface area contributed by atoms with Crippen LogP contribution in [-0.4, -0.2) is 20.4 Å². The maximum atomic E-state index is 13.3. The van der Waals surface area contributed by atoms with Gasteiger partial charge in [0.05, 0.1) is 17.4 Å². The summed E-state index contributed by atoms with van der Waals surface area (Å²) in [6.45, 7) is 3.15. The number of carbonyl (C=O) groups is 1. The third-order valence-electron chi connectivity index (χ3n) is 3.58. The molecule has 2 rings (SSSR count). The van der Waals surface area contributed by atoms with Crippen LogP contribution < -0.4 is 10.0 Å². The van der Waals surface area contributed by atoms with Crippen molar-refractivity contribution in [1.82, 2.24) is 4.72 Å². The van der Waals surface area contributed by atoms with E-state index >= 15 is 0 Å². The Hall–Kier alpha value is -2.76. The van der Waals surface area contributed by atoms with Gasteiger partial charge in [0.25, 0.3) is 5.91 Å². The first kappa shape index (κ1) is 19.6. The number of nitriles is 1. The van der Waals surface area contributed by atoms with Crippen LogP contribution in [0.4, 0.5) is 10.1 Å². The van der Waals surface area contributed by atoms with E-state index in [1.165, 1.54) is 42.5 Å². The van der Waals surface area contributed by atoms with Crippen LogP contribution in [0.15, 0.2) is 47.4 Å². The first-order valence-corrected chi connectivity index (χ1v) is 9.28. The summed E-state index contributed by atoms with van der Waals surface area (Å²) in [5.41, 5.74) is 0.931. The van der Waals surface area contributed by atoms with Crippen molar-refractivity contribution in [3.8, 4) is 6.07 Å². The molecule has 2 aromatic rings. The summed E-state index contributed by atoms with van der Waals surface area (Å²) in [7, 11) is -3.85. The molecule has 0 fully saturated rings. The summed E-state index contributed by atoms with van der Waals surface area (Å²) in [6, 6.07) is 11.0. The van der Waals surface area contributed by atoms with E-state index in [0.717, 1.165) is 0 Å². The fraction of sp³-hybridized carbons (Fsp3) is 0.222. The minimum Gasteiger partial charge on any atom is -0.322 e. The largest absolute Gasteiger partial charge is 0.322 e. The van der Waals surface area contributed by atoms with Gasteiger partial charge in [0.2, 0.25) is 10.0 Å². The molecular formula is C18H18FN3O3S. The molecule has 1 unspecified atom stereocenters. The number of hydrogen-bond acceptors (Lipinski definition) is 4. The van der Waals surface area contributed by atoms with Crippen LogP contribution in [0.2, 0.25) is 0 Å². The van der Waals surface area contributed by atoms with Gasteiger partial charge in [0.1, 0.15) is 5.82 Å². The summed E-state index contributed by atoms with van der Waals surface area (Å²) < 4.78 is 40.4. The number of carbonyl (C=O) groups excluding carboxylic acids is 1. The number of amides is 1. The minimum atomic E-state index is -3.85. The number of sulfonamides is 1. The highest BCUT2D eigenvalue weighted by atomic mass is 32.2. The van der Waals surface area contributed by atoms with E-state index in [2.05, 4.69) is 10.0 Å². The molecular weight excluding hydrogens is 357 g/mol. The Bertz CT molecular complexity index is 968.